The lowest BCUT2D eigenvalue weighted by molar-refractivity contribution is 0.171. The zero-order valence-electron chi connectivity index (χ0n) is 11.2. The highest BCUT2D eigenvalue weighted by molar-refractivity contribution is 5.71. The van der Waals surface area contributed by atoms with Crippen molar-refractivity contribution in [2.24, 2.45) is 5.73 Å². The molecule has 2 aromatic carbocycles. The molecule has 1 unspecified atom stereocenters. The largest absolute Gasteiger partial charge is 0.486 e. The van der Waals surface area contributed by atoms with Crippen molar-refractivity contribution in [1.82, 2.24) is 0 Å². The van der Waals surface area contributed by atoms with E-state index >= 15 is 0 Å². The summed E-state index contributed by atoms with van der Waals surface area (Å²) in [5.74, 6) is 1.13. The number of rotatable bonds is 2. The Morgan fingerprint density at radius 1 is 1.05 bits per heavy atom. The van der Waals surface area contributed by atoms with Crippen molar-refractivity contribution in [1.29, 1.82) is 0 Å². The van der Waals surface area contributed by atoms with E-state index in [1.165, 1.54) is 12.1 Å². The summed E-state index contributed by atoms with van der Waals surface area (Å²) in [4.78, 5) is 0. The van der Waals surface area contributed by atoms with Crippen LogP contribution in [-0.2, 0) is 0 Å². The average molecular weight is 273 g/mol. The minimum absolute atomic E-state index is 0.168. The second kappa shape index (κ2) is 5.13. The lowest BCUT2D eigenvalue weighted by atomic mass is 9.95. The lowest BCUT2D eigenvalue weighted by Gasteiger charge is -2.20. The number of ether oxygens (including phenoxy) is 2. The molecule has 4 heteroatoms. The van der Waals surface area contributed by atoms with Crippen LogP contribution in [0.2, 0.25) is 0 Å². The lowest BCUT2D eigenvalue weighted by Crippen LogP contribution is -2.15. The molecule has 1 atom stereocenters. The minimum Gasteiger partial charge on any atom is -0.486 e. The first kappa shape index (κ1) is 12.9. The van der Waals surface area contributed by atoms with E-state index < -0.39 is 0 Å². The van der Waals surface area contributed by atoms with E-state index in [0.717, 1.165) is 22.4 Å². The Morgan fingerprint density at radius 2 is 1.80 bits per heavy atom. The van der Waals surface area contributed by atoms with Gasteiger partial charge in [0.1, 0.15) is 19.0 Å². The third-order valence-electron chi connectivity index (χ3n) is 3.36. The first-order chi connectivity index (χ1) is 9.65. The summed E-state index contributed by atoms with van der Waals surface area (Å²) in [6.07, 6.45) is 0. The van der Waals surface area contributed by atoms with E-state index in [4.69, 9.17) is 15.2 Å². The molecular weight excluding hydrogens is 257 g/mol. The molecule has 0 saturated heterocycles. The van der Waals surface area contributed by atoms with Crippen LogP contribution in [0.15, 0.2) is 36.4 Å². The predicted octanol–water partition coefficient (Wildman–Crippen LogP) is 3.28. The zero-order chi connectivity index (χ0) is 14.1. The fourth-order valence-electron chi connectivity index (χ4n) is 2.39. The van der Waals surface area contributed by atoms with E-state index in [2.05, 4.69) is 0 Å². The van der Waals surface area contributed by atoms with Gasteiger partial charge in [-0.25, -0.2) is 4.39 Å². The number of benzene rings is 2. The third-order valence-corrected chi connectivity index (χ3v) is 3.36. The summed E-state index contributed by atoms with van der Waals surface area (Å²) in [7, 11) is 0. The Morgan fingerprint density at radius 3 is 2.55 bits per heavy atom. The molecule has 0 radical (unpaired) electrons. The topological polar surface area (TPSA) is 44.5 Å². The van der Waals surface area contributed by atoms with Crippen LogP contribution in [0.1, 0.15) is 18.5 Å². The van der Waals surface area contributed by atoms with Gasteiger partial charge in [0, 0.05) is 6.04 Å². The molecule has 2 aromatic rings. The first-order valence-electron chi connectivity index (χ1n) is 6.60. The van der Waals surface area contributed by atoms with Gasteiger partial charge in [0.05, 0.1) is 0 Å². The molecule has 0 spiro atoms. The standard InChI is InChI=1S/C16H16FNO2/c1-10(18)13-4-3-12(17)9-14(13)11-2-5-15-16(8-11)20-7-6-19-15/h2-5,8-10H,6-7,18H2,1H3. The maximum Gasteiger partial charge on any atom is 0.161 e. The van der Waals surface area contributed by atoms with Gasteiger partial charge >= 0.3 is 0 Å². The summed E-state index contributed by atoms with van der Waals surface area (Å²) >= 11 is 0. The van der Waals surface area contributed by atoms with Crippen molar-refractivity contribution in [2.45, 2.75) is 13.0 Å². The Labute approximate surface area is 117 Å². The number of fused-ring (bicyclic) bond motifs is 1. The van der Waals surface area contributed by atoms with Gasteiger partial charge < -0.3 is 15.2 Å². The monoisotopic (exact) mass is 273 g/mol. The Balaban J connectivity index is 2.10. The quantitative estimate of drug-likeness (QED) is 0.913. The highest BCUT2D eigenvalue weighted by Gasteiger charge is 2.15. The summed E-state index contributed by atoms with van der Waals surface area (Å²) in [6, 6.07) is 10.1. The highest BCUT2D eigenvalue weighted by atomic mass is 19.1. The predicted molar refractivity (Wildman–Crippen MR) is 75.4 cm³/mol. The van der Waals surface area contributed by atoms with Gasteiger partial charge in [0.2, 0.25) is 0 Å². The number of halogens is 1. The molecule has 2 N–H and O–H groups in total. The van der Waals surface area contributed by atoms with Crippen molar-refractivity contribution in [2.75, 3.05) is 13.2 Å². The van der Waals surface area contributed by atoms with Crippen LogP contribution in [0, 0.1) is 5.82 Å². The molecule has 1 aliphatic rings. The molecule has 104 valence electrons. The Kier molecular flexibility index (Phi) is 3.32. The van der Waals surface area contributed by atoms with E-state index in [-0.39, 0.29) is 11.9 Å². The van der Waals surface area contributed by atoms with E-state index in [1.807, 2.05) is 25.1 Å². The van der Waals surface area contributed by atoms with E-state index in [0.29, 0.717) is 19.0 Å². The van der Waals surface area contributed by atoms with Crippen LogP contribution in [0.25, 0.3) is 11.1 Å². The van der Waals surface area contributed by atoms with Crippen LogP contribution < -0.4 is 15.2 Å². The second-order valence-electron chi connectivity index (χ2n) is 4.88. The molecule has 3 rings (SSSR count). The second-order valence-corrected chi connectivity index (χ2v) is 4.88. The molecule has 20 heavy (non-hydrogen) atoms. The molecule has 1 heterocycles. The van der Waals surface area contributed by atoms with Gasteiger partial charge in [-0.2, -0.15) is 0 Å². The summed E-state index contributed by atoms with van der Waals surface area (Å²) in [5.41, 5.74) is 8.53. The smallest absolute Gasteiger partial charge is 0.161 e. The van der Waals surface area contributed by atoms with Gasteiger partial charge in [-0.3, -0.25) is 0 Å². The minimum atomic E-state index is -0.278. The van der Waals surface area contributed by atoms with Crippen LogP contribution in [0.3, 0.4) is 0 Å². The Hall–Kier alpha value is -2.07. The maximum absolute atomic E-state index is 13.5. The van der Waals surface area contributed by atoms with Crippen molar-refractivity contribution in [3.8, 4) is 22.6 Å². The molecule has 0 amide bonds. The van der Waals surface area contributed by atoms with Crippen LogP contribution in [0.5, 0.6) is 11.5 Å². The van der Waals surface area contributed by atoms with Crippen molar-refractivity contribution >= 4 is 0 Å². The summed E-state index contributed by atoms with van der Waals surface area (Å²) in [5, 5.41) is 0. The molecule has 0 bridgehead atoms. The molecule has 3 nitrogen and oxygen atoms in total. The first-order valence-corrected chi connectivity index (χ1v) is 6.60. The molecule has 0 fully saturated rings. The number of hydrogen-bond acceptors (Lipinski definition) is 3. The maximum atomic E-state index is 13.5. The van der Waals surface area contributed by atoms with Gasteiger partial charge in [0.15, 0.2) is 11.5 Å². The number of nitrogens with two attached hydrogens (primary N) is 1. The van der Waals surface area contributed by atoms with Crippen LogP contribution >= 0.6 is 0 Å². The van der Waals surface area contributed by atoms with Gasteiger partial charge in [-0.1, -0.05) is 12.1 Å². The third kappa shape index (κ3) is 2.34. The number of hydrogen-bond donors (Lipinski definition) is 1. The van der Waals surface area contributed by atoms with Gasteiger partial charge in [-0.05, 0) is 47.9 Å². The zero-order valence-corrected chi connectivity index (χ0v) is 11.2. The van der Waals surface area contributed by atoms with Gasteiger partial charge in [-0.15, -0.1) is 0 Å². The van der Waals surface area contributed by atoms with E-state index in [1.54, 1.807) is 6.07 Å². The highest BCUT2D eigenvalue weighted by Crippen LogP contribution is 2.36. The fraction of sp³-hybridized carbons (Fsp3) is 0.250. The fourth-order valence-corrected chi connectivity index (χ4v) is 2.39. The van der Waals surface area contributed by atoms with Crippen molar-refractivity contribution in [3.63, 3.8) is 0 Å². The molecule has 0 aliphatic carbocycles. The van der Waals surface area contributed by atoms with E-state index in [9.17, 15) is 4.39 Å². The SMILES string of the molecule is CC(N)c1ccc(F)cc1-c1ccc2c(c1)OCCO2. The van der Waals surface area contributed by atoms with Crippen molar-refractivity contribution < 1.29 is 13.9 Å². The summed E-state index contributed by atoms with van der Waals surface area (Å²) < 4.78 is 24.6. The van der Waals surface area contributed by atoms with Crippen molar-refractivity contribution in [3.05, 3.63) is 47.8 Å². The Bertz CT molecular complexity index is 640. The normalized spacial score (nSPS) is 14.9. The average Bonchev–Trinajstić information content (AvgIpc) is 2.46. The van der Waals surface area contributed by atoms with Crippen LogP contribution in [0.4, 0.5) is 4.39 Å². The van der Waals surface area contributed by atoms with Gasteiger partial charge in [0.25, 0.3) is 0 Å². The molecule has 0 saturated carbocycles. The molecular formula is C16H16FNO2. The van der Waals surface area contributed by atoms with Crippen LogP contribution in [-0.4, -0.2) is 13.2 Å². The summed E-state index contributed by atoms with van der Waals surface area (Å²) in [6.45, 7) is 2.96. The molecule has 1 aliphatic heterocycles. The molecule has 0 aromatic heterocycles.